The number of fused-ring (bicyclic) bond motifs is 2. The minimum absolute atomic E-state index is 0.0867. The van der Waals surface area contributed by atoms with Crippen molar-refractivity contribution in [3.8, 4) is 51.4 Å². The van der Waals surface area contributed by atoms with Crippen molar-refractivity contribution in [1.29, 1.82) is 0 Å². The first-order valence-corrected chi connectivity index (χ1v) is 10.5. The molecule has 0 saturated carbocycles. The summed E-state index contributed by atoms with van der Waals surface area (Å²) in [6.45, 7) is 4.39. The molecule has 0 radical (unpaired) electrons. The predicted octanol–water partition coefficient (Wildman–Crippen LogP) is 4.50. The van der Waals surface area contributed by atoms with Gasteiger partial charge in [0.1, 0.15) is 23.4 Å². The minimum Gasteiger partial charge on any atom is -0.493 e. The number of rotatable bonds is 6. The summed E-state index contributed by atoms with van der Waals surface area (Å²) in [5.74, 6) is 3.76. The first-order valence-electron chi connectivity index (χ1n) is 10.5. The van der Waals surface area contributed by atoms with Crippen molar-refractivity contribution >= 4 is 11.2 Å². The van der Waals surface area contributed by atoms with Gasteiger partial charge >= 0.3 is 0 Å². The van der Waals surface area contributed by atoms with Crippen LogP contribution >= 0.6 is 0 Å². The molecule has 1 aliphatic heterocycles. The van der Waals surface area contributed by atoms with Crippen molar-refractivity contribution in [3.63, 3.8) is 0 Å². The van der Waals surface area contributed by atoms with E-state index in [4.69, 9.17) is 28.7 Å². The Labute approximate surface area is 190 Å². The van der Waals surface area contributed by atoms with E-state index < -0.39 is 0 Å². The molecule has 9 heteroatoms. The summed E-state index contributed by atoms with van der Waals surface area (Å²) in [6, 6.07) is 9.60. The van der Waals surface area contributed by atoms with Gasteiger partial charge in [0.2, 0.25) is 12.5 Å². The maximum atomic E-state index is 5.56. The molecule has 33 heavy (non-hydrogen) atoms. The maximum absolute atomic E-state index is 5.56. The van der Waals surface area contributed by atoms with Crippen LogP contribution in [0, 0.1) is 0 Å². The standard InChI is InChI=1S/C24H24N4O5/c1-13(2)28-23(15-9-18(29-3)22(31-5)19(10-15)30-4)27-21-20(25-11-26-24(21)28)14-6-7-16-17(8-14)33-12-32-16/h6-11,13H,12H2,1-5H3. The van der Waals surface area contributed by atoms with Crippen molar-refractivity contribution in [2.75, 3.05) is 28.1 Å². The Bertz CT molecular complexity index is 1320. The molecular weight excluding hydrogens is 424 g/mol. The van der Waals surface area contributed by atoms with Gasteiger partial charge in [0.15, 0.2) is 28.6 Å². The molecule has 1 aliphatic rings. The summed E-state index contributed by atoms with van der Waals surface area (Å²) in [4.78, 5) is 14.1. The van der Waals surface area contributed by atoms with Crippen LogP contribution in [-0.4, -0.2) is 47.6 Å². The Morgan fingerprint density at radius 1 is 0.879 bits per heavy atom. The molecule has 2 aromatic carbocycles. The molecule has 4 aromatic rings. The van der Waals surface area contributed by atoms with Gasteiger partial charge in [0.05, 0.1) is 21.3 Å². The SMILES string of the molecule is COc1cc(-c2nc3c(-c4ccc5c(c4)OCO5)ncnc3n2C(C)C)cc(OC)c1OC. The van der Waals surface area contributed by atoms with Gasteiger partial charge in [-0.3, -0.25) is 0 Å². The zero-order valence-corrected chi connectivity index (χ0v) is 19.1. The van der Waals surface area contributed by atoms with E-state index in [1.807, 2.05) is 30.3 Å². The molecule has 0 atom stereocenters. The summed E-state index contributed by atoms with van der Waals surface area (Å²) >= 11 is 0. The van der Waals surface area contributed by atoms with Crippen molar-refractivity contribution in [3.05, 3.63) is 36.7 Å². The third kappa shape index (κ3) is 3.36. The highest BCUT2D eigenvalue weighted by Crippen LogP contribution is 2.43. The van der Waals surface area contributed by atoms with Crippen LogP contribution in [0.2, 0.25) is 0 Å². The molecule has 0 saturated heterocycles. The predicted molar refractivity (Wildman–Crippen MR) is 122 cm³/mol. The molecule has 0 aliphatic carbocycles. The molecule has 0 fully saturated rings. The molecule has 0 amide bonds. The molecule has 0 N–H and O–H groups in total. The quantitative estimate of drug-likeness (QED) is 0.426. The van der Waals surface area contributed by atoms with Gasteiger partial charge in [-0.1, -0.05) is 0 Å². The third-order valence-electron chi connectivity index (χ3n) is 5.56. The largest absolute Gasteiger partial charge is 0.493 e. The van der Waals surface area contributed by atoms with Gasteiger partial charge in [0, 0.05) is 17.2 Å². The van der Waals surface area contributed by atoms with Crippen LogP contribution < -0.4 is 23.7 Å². The van der Waals surface area contributed by atoms with Crippen molar-refractivity contribution in [2.45, 2.75) is 19.9 Å². The third-order valence-corrected chi connectivity index (χ3v) is 5.56. The fourth-order valence-electron chi connectivity index (χ4n) is 4.07. The van der Waals surface area contributed by atoms with E-state index in [0.717, 1.165) is 28.3 Å². The van der Waals surface area contributed by atoms with Gasteiger partial charge in [-0.25, -0.2) is 15.0 Å². The van der Waals surface area contributed by atoms with Gasteiger partial charge in [-0.05, 0) is 44.2 Å². The normalized spacial score (nSPS) is 12.4. The number of ether oxygens (including phenoxy) is 5. The average Bonchev–Trinajstić information content (AvgIpc) is 3.46. The number of hydrogen-bond acceptors (Lipinski definition) is 8. The van der Waals surface area contributed by atoms with E-state index in [1.165, 1.54) is 0 Å². The zero-order chi connectivity index (χ0) is 23.1. The first kappa shape index (κ1) is 20.9. The van der Waals surface area contributed by atoms with Gasteiger partial charge in [-0.2, -0.15) is 0 Å². The fraction of sp³-hybridized carbons (Fsp3) is 0.292. The summed E-state index contributed by atoms with van der Waals surface area (Å²) in [6.07, 6.45) is 1.56. The highest BCUT2D eigenvalue weighted by molar-refractivity contribution is 5.90. The average molecular weight is 448 g/mol. The van der Waals surface area contributed by atoms with Crippen molar-refractivity contribution in [2.24, 2.45) is 0 Å². The topological polar surface area (TPSA) is 89.8 Å². The summed E-state index contributed by atoms with van der Waals surface area (Å²) in [5, 5.41) is 0. The van der Waals surface area contributed by atoms with Gasteiger partial charge < -0.3 is 28.3 Å². The van der Waals surface area contributed by atoms with Crippen molar-refractivity contribution < 1.29 is 23.7 Å². The van der Waals surface area contributed by atoms with Gasteiger partial charge in [-0.15, -0.1) is 0 Å². The number of methoxy groups -OCH3 is 3. The number of hydrogen-bond donors (Lipinski definition) is 0. The van der Waals surface area contributed by atoms with E-state index in [-0.39, 0.29) is 12.8 Å². The van der Waals surface area contributed by atoms with Crippen LogP contribution in [0.3, 0.4) is 0 Å². The maximum Gasteiger partial charge on any atom is 0.231 e. The number of aromatic nitrogens is 4. The lowest BCUT2D eigenvalue weighted by atomic mass is 10.1. The highest BCUT2D eigenvalue weighted by Gasteiger charge is 2.23. The van der Waals surface area contributed by atoms with Crippen LogP contribution in [0.4, 0.5) is 0 Å². The lowest BCUT2D eigenvalue weighted by Gasteiger charge is -2.16. The molecule has 0 bridgehead atoms. The summed E-state index contributed by atoms with van der Waals surface area (Å²) in [5.41, 5.74) is 3.82. The van der Waals surface area contributed by atoms with Crippen LogP contribution in [0.1, 0.15) is 19.9 Å². The summed E-state index contributed by atoms with van der Waals surface area (Å²) < 4.78 is 29.7. The number of benzene rings is 2. The molecule has 5 rings (SSSR count). The molecule has 3 heterocycles. The molecule has 0 spiro atoms. The van der Waals surface area contributed by atoms with E-state index in [1.54, 1.807) is 27.7 Å². The number of nitrogens with zero attached hydrogens (tertiary/aromatic N) is 4. The van der Waals surface area contributed by atoms with E-state index in [0.29, 0.717) is 34.2 Å². The van der Waals surface area contributed by atoms with Gasteiger partial charge in [0.25, 0.3) is 0 Å². The molecule has 2 aromatic heterocycles. The fourth-order valence-corrected chi connectivity index (χ4v) is 4.07. The van der Waals surface area contributed by atoms with Crippen LogP contribution in [-0.2, 0) is 0 Å². The summed E-state index contributed by atoms with van der Waals surface area (Å²) in [7, 11) is 4.77. The Kier molecular flexibility index (Phi) is 5.16. The van der Waals surface area contributed by atoms with Crippen LogP contribution in [0.15, 0.2) is 36.7 Å². The Hall–Kier alpha value is -4.01. The second kappa shape index (κ2) is 8.16. The smallest absolute Gasteiger partial charge is 0.231 e. The minimum atomic E-state index is 0.0867. The molecule has 170 valence electrons. The Balaban J connectivity index is 1.75. The second-order valence-corrected chi connectivity index (χ2v) is 7.78. The Morgan fingerprint density at radius 3 is 2.27 bits per heavy atom. The molecule has 9 nitrogen and oxygen atoms in total. The molecular formula is C24H24N4O5. The monoisotopic (exact) mass is 448 g/mol. The zero-order valence-electron chi connectivity index (χ0n) is 19.1. The van der Waals surface area contributed by atoms with E-state index >= 15 is 0 Å². The number of imidazole rings is 1. The van der Waals surface area contributed by atoms with E-state index in [9.17, 15) is 0 Å². The highest BCUT2D eigenvalue weighted by atomic mass is 16.7. The van der Waals surface area contributed by atoms with Crippen molar-refractivity contribution in [1.82, 2.24) is 19.5 Å². The lowest BCUT2D eigenvalue weighted by Crippen LogP contribution is -2.05. The van der Waals surface area contributed by atoms with Crippen LogP contribution in [0.5, 0.6) is 28.7 Å². The first-order chi connectivity index (χ1) is 16.0. The lowest BCUT2D eigenvalue weighted by molar-refractivity contribution is 0.174. The van der Waals surface area contributed by atoms with E-state index in [2.05, 4.69) is 28.4 Å². The van der Waals surface area contributed by atoms with Crippen LogP contribution in [0.25, 0.3) is 33.8 Å². The Morgan fingerprint density at radius 2 is 1.61 bits per heavy atom. The second-order valence-electron chi connectivity index (χ2n) is 7.78. The molecule has 0 unspecified atom stereocenters.